The second-order valence-electron chi connectivity index (χ2n) is 8.21. The monoisotopic (exact) mass is 454 g/mol. The Morgan fingerprint density at radius 3 is 2.26 bits per heavy atom. The van der Waals surface area contributed by atoms with E-state index in [0.717, 1.165) is 22.8 Å². The highest BCUT2D eigenvalue weighted by Crippen LogP contribution is 2.25. The van der Waals surface area contributed by atoms with Gasteiger partial charge in [0.25, 0.3) is 5.91 Å². The molecule has 8 heteroatoms. The first-order valence-electron chi connectivity index (χ1n) is 11.3. The number of piperazine rings is 1. The minimum Gasteiger partial charge on any atom is -0.439 e. The van der Waals surface area contributed by atoms with Gasteiger partial charge in [-0.3, -0.25) is 9.48 Å². The average Bonchev–Trinajstić information content (AvgIpc) is 3.26. The molecule has 0 atom stereocenters. The number of carbonyl (C=O) groups is 1. The van der Waals surface area contributed by atoms with Crippen molar-refractivity contribution in [3.63, 3.8) is 0 Å². The Hall–Kier alpha value is -4.20. The van der Waals surface area contributed by atoms with Gasteiger partial charge in [-0.05, 0) is 25.1 Å². The van der Waals surface area contributed by atoms with Gasteiger partial charge in [-0.1, -0.05) is 48.5 Å². The molecule has 0 N–H and O–H groups in total. The molecule has 172 valence electrons. The van der Waals surface area contributed by atoms with Gasteiger partial charge in [0.05, 0.1) is 5.69 Å². The number of anilines is 1. The fourth-order valence-corrected chi connectivity index (χ4v) is 4.07. The first-order chi connectivity index (χ1) is 16.6. The third-order valence-electron chi connectivity index (χ3n) is 5.83. The van der Waals surface area contributed by atoms with E-state index in [0.29, 0.717) is 43.6 Å². The maximum absolute atomic E-state index is 13.2. The second-order valence-corrected chi connectivity index (χ2v) is 8.21. The lowest BCUT2D eigenvalue weighted by molar-refractivity contribution is 0.0735. The molecule has 0 spiro atoms. The molecule has 0 aliphatic carbocycles. The third kappa shape index (κ3) is 4.61. The SMILES string of the molecule is Cc1nc(Oc2ccccc2)cc(N2CCN(C(=O)c3cc(-c4ccccc4)nn3C)CC2)n1. The quantitative estimate of drug-likeness (QED) is 0.455. The lowest BCUT2D eigenvalue weighted by Crippen LogP contribution is -2.49. The predicted octanol–water partition coefficient (Wildman–Crippen LogP) is 3.94. The first-order valence-corrected chi connectivity index (χ1v) is 11.3. The van der Waals surface area contributed by atoms with E-state index in [1.165, 1.54) is 0 Å². The summed E-state index contributed by atoms with van der Waals surface area (Å²) >= 11 is 0. The van der Waals surface area contributed by atoms with E-state index in [1.807, 2.05) is 91.7 Å². The van der Waals surface area contributed by atoms with Crippen LogP contribution in [-0.2, 0) is 7.05 Å². The van der Waals surface area contributed by atoms with Crippen molar-refractivity contribution in [3.8, 4) is 22.9 Å². The number of rotatable bonds is 5. The van der Waals surface area contributed by atoms with Crippen LogP contribution in [0.4, 0.5) is 5.82 Å². The molecular formula is C26H26N6O2. The molecule has 0 saturated carbocycles. The van der Waals surface area contributed by atoms with E-state index in [2.05, 4.69) is 20.0 Å². The van der Waals surface area contributed by atoms with Crippen molar-refractivity contribution in [2.75, 3.05) is 31.1 Å². The number of carbonyl (C=O) groups excluding carboxylic acids is 1. The highest BCUT2D eigenvalue weighted by molar-refractivity contribution is 5.94. The molecule has 8 nitrogen and oxygen atoms in total. The summed E-state index contributed by atoms with van der Waals surface area (Å²) in [6, 6.07) is 23.2. The van der Waals surface area contributed by atoms with Crippen LogP contribution in [-0.4, -0.2) is 56.7 Å². The zero-order chi connectivity index (χ0) is 23.5. The maximum Gasteiger partial charge on any atom is 0.272 e. The fourth-order valence-electron chi connectivity index (χ4n) is 4.07. The summed E-state index contributed by atoms with van der Waals surface area (Å²) in [6.07, 6.45) is 0. The minimum atomic E-state index is -0.0104. The Morgan fingerprint density at radius 2 is 1.56 bits per heavy atom. The van der Waals surface area contributed by atoms with Gasteiger partial charge in [0.2, 0.25) is 5.88 Å². The van der Waals surface area contributed by atoms with Crippen LogP contribution in [0.5, 0.6) is 11.6 Å². The van der Waals surface area contributed by atoms with Crippen molar-refractivity contribution >= 4 is 11.7 Å². The fraction of sp³-hybridized carbons (Fsp3) is 0.231. The van der Waals surface area contributed by atoms with Gasteiger partial charge < -0.3 is 14.5 Å². The van der Waals surface area contributed by atoms with Crippen LogP contribution in [0, 0.1) is 6.92 Å². The topological polar surface area (TPSA) is 76.4 Å². The van der Waals surface area contributed by atoms with E-state index in [9.17, 15) is 4.79 Å². The van der Waals surface area contributed by atoms with Crippen molar-refractivity contribution in [3.05, 3.63) is 84.3 Å². The van der Waals surface area contributed by atoms with Gasteiger partial charge in [-0.15, -0.1) is 0 Å². The number of hydrogen-bond acceptors (Lipinski definition) is 6. The summed E-state index contributed by atoms with van der Waals surface area (Å²) in [5.41, 5.74) is 2.38. The molecule has 1 aliphatic heterocycles. The molecule has 1 saturated heterocycles. The number of aryl methyl sites for hydroxylation is 2. The van der Waals surface area contributed by atoms with Crippen molar-refractivity contribution < 1.29 is 9.53 Å². The van der Waals surface area contributed by atoms with Crippen LogP contribution in [0.3, 0.4) is 0 Å². The zero-order valence-corrected chi connectivity index (χ0v) is 19.3. The first kappa shape index (κ1) is 21.6. The molecule has 0 radical (unpaired) electrons. The van der Waals surface area contributed by atoms with Crippen molar-refractivity contribution in [1.82, 2.24) is 24.6 Å². The van der Waals surface area contributed by atoms with Gasteiger partial charge in [-0.25, -0.2) is 4.98 Å². The third-order valence-corrected chi connectivity index (χ3v) is 5.83. The van der Waals surface area contributed by atoms with Gasteiger partial charge in [0, 0.05) is 44.9 Å². The van der Waals surface area contributed by atoms with Crippen molar-refractivity contribution in [2.24, 2.45) is 7.05 Å². The summed E-state index contributed by atoms with van der Waals surface area (Å²) in [4.78, 5) is 26.3. The van der Waals surface area contributed by atoms with E-state index >= 15 is 0 Å². The number of nitrogens with zero attached hydrogens (tertiary/aromatic N) is 6. The summed E-state index contributed by atoms with van der Waals surface area (Å²) < 4.78 is 7.57. The number of para-hydroxylation sites is 1. The number of ether oxygens (including phenoxy) is 1. The number of aromatic nitrogens is 4. The van der Waals surface area contributed by atoms with Gasteiger partial charge in [0.15, 0.2) is 0 Å². The van der Waals surface area contributed by atoms with Gasteiger partial charge >= 0.3 is 0 Å². The normalized spacial score (nSPS) is 13.7. The summed E-state index contributed by atoms with van der Waals surface area (Å²) in [5.74, 6) is 2.68. The zero-order valence-electron chi connectivity index (χ0n) is 19.3. The van der Waals surface area contributed by atoms with Gasteiger partial charge in [0.1, 0.15) is 23.1 Å². The van der Waals surface area contributed by atoms with Crippen LogP contribution >= 0.6 is 0 Å². The van der Waals surface area contributed by atoms with Crippen LogP contribution < -0.4 is 9.64 Å². The molecule has 0 unspecified atom stereocenters. The summed E-state index contributed by atoms with van der Waals surface area (Å²) in [7, 11) is 1.81. The van der Waals surface area contributed by atoms with E-state index in [1.54, 1.807) is 4.68 Å². The van der Waals surface area contributed by atoms with Crippen LogP contribution in [0.15, 0.2) is 72.8 Å². The van der Waals surface area contributed by atoms with Crippen molar-refractivity contribution in [2.45, 2.75) is 6.92 Å². The summed E-state index contributed by atoms with van der Waals surface area (Å²) in [6.45, 7) is 4.41. The molecule has 1 fully saturated rings. The van der Waals surface area contributed by atoms with Crippen LogP contribution in [0.1, 0.15) is 16.3 Å². The van der Waals surface area contributed by atoms with E-state index in [4.69, 9.17) is 4.74 Å². The molecule has 34 heavy (non-hydrogen) atoms. The number of benzene rings is 2. The number of amides is 1. The summed E-state index contributed by atoms with van der Waals surface area (Å²) in [5, 5.41) is 4.54. The highest BCUT2D eigenvalue weighted by Gasteiger charge is 2.26. The molecule has 4 aromatic rings. The molecule has 5 rings (SSSR count). The molecular weight excluding hydrogens is 428 g/mol. The molecule has 3 heterocycles. The predicted molar refractivity (Wildman–Crippen MR) is 130 cm³/mol. The Morgan fingerprint density at radius 1 is 0.882 bits per heavy atom. The van der Waals surface area contributed by atoms with Crippen LogP contribution in [0.2, 0.25) is 0 Å². The highest BCUT2D eigenvalue weighted by atomic mass is 16.5. The Balaban J connectivity index is 1.26. The smallest absolute Gasteiger partial charge is 0.272 e. The van der Waals surface area contributed by atoms with Gasteiger partial charge in [-0.2, -0.15) is 10.1 Å². The van der Waals surface area contributed by atoms with Crippen molar-refractivity contribution in [1.29, 1.82) is 0 Å². The number of hydrogen-bond donors (Lipinski definition) is 0. The minimum absolute atomic E-state index is 0.0104. The Labute approximate surface area is 198 Å². The largest absolute Gasteiger partial charge is 0.439 e. The lowest BCUT2D eigenvalue weighted by Gasteiger charge is -2.35. The average molecular weight is 455 g/mol. The Bertz CT molecular complexity index is 1280. The molecule has 1 amide bonds. The maximum atomic E-state index is 13.2. The molecule has 2 aromatic carbocycles. The van der Waals surface area contributed by atoms with Crippen LogP contribution in [0.25, 0.3) is 11.3 Å². The lowest BCUT2D eigenvalue weighted by atomic mass is 10.1. The standard InChI is InChI=1S/C26H26N6O2/c1-19-27-24(18-25(28-19)34-21-11-7-4-8-12-21)31-13-15-32(16-14-31)26(33)23-17-22(29-30(23)2)20-9-5-3-6-10-20/h3-12,17-18H,13-16H2,1-2H3. The Kier molecular flexibility index (Phi) is 5.95. The van der Waals surface area contributed by atoms with E-state index < -0.39 is 0 Å². The molecule has 0 bridgehead atoms. The second kappa shape index (κ2) is 9.35. The van der Waals surface area contributed by atoms with E-state index in [-0.39, 0.29) is 5.91 Å². The molecule has 2 aromatic heterocycles. The molecule has 1 aliphatic rings.